The summed E-state index contributed by atoms with van der Waals surface area (Å²) in [5.74, 6) is 7.89. The second kappa shape index (κ2) is 20.2. The third kappa shape index (κ3) is 21.5. The van der Waals surface area contributed by atoms with E-state index in [4.69, 9.17) is 0 Å². The first-order chi connectivity index (χ1) is 9.62. The molecule has 0 saturated carbocycles. The summed E-state index contributed by atoms with van der Waals surface area (Å²) in [6.45, 7) is 4.68. The van der Waals surface area contributed by atoms with Gasteiger partial charge in [-0.1, -0.05) is 6.58 Å². The zero-order valence-electron chi connectivity index (χ0n) is 13.1. The molecule has 0 N–H and O–H groups in total. The molecule has 0 aromatic rings. The number of rotatable bonds is 12. The van der Waals surface area contributed by atoms with Crippen molar-refractivity contribution < 1.29 is 4.79 Å². The van der Waals surface area contributed by atoms with Gasteiger partial charge in [0.1, 0.15) is 0 Å². The molecular formula is C14H28OS5. The van der Waals surface area contributed by atoms with Gasteiger partial charge in [0.2, 0.25) is 0 Å². The Kier molecular flexibility index (Phi) is 23.6. The Bertz CT molecular complexity index is 224. The van der Waals surface area contributed by atoms with Gasteiger partial charge in [-0.2, -0.15) is 58.8 Å². The fraction of sp³-hybridized carbons (Fsp3) is 0.786. The van der Waals surface area contributed by atoms with Crippen LogP contribution in [0.2, 0.25) is 0 Å². The van der Waals surface area contributed by atoms with Gasteiger partial charge in [-0.25, -0.2) is 0 Å². The average molecular weight is 373 g/mol. The van der Waals surface area contributed by atoms with E-state index in [1.54, 1.807) is 0 Å². The van der Waals surface area contributed by atoms with Gasteiger partial charge in [-0.15, -0.1) is 0 Å². The Labute approximate surface area is 147 Å². The number of carbonyl (C=O) groups excluding carboxylic acids is 1. The Morgan fingerprint density at radius 2 is 1.55 bits per heavy atom. The van der Waals surface area contributed by atoms with Crippen LogP contribution in [0.15, 0.2) is 12.7 Å². The summed E-state index contributed by atoms with van der Waals surface area (Å²) in [4.78, 5) is 9.69. The standard InChI is InChI=1S/C10H22S5.C4H6O/c1-11-4-6-14-9-10(8-13-3)15-7-5-12-2;1-3-4(2)5/h10H,4-9H2,1-3H3;3H,1H2,2H3. The molecule has 0 aromatic carbocycles. The average Bonchev–Trinajstić information content (AvgIpc) is 2.44. The zero-order valence-corrected chi connectivity index (χ0v) is 17.1. The van der Waals surface area contributed by atoms with E-state index in [-0.39, 0.29) is 5.78 Å². The van der Waals surface area contributed by atoms with Crippen molar-refractivity contribution in [2.24, 2.45) is 0 Å². The summed E-state index contributed by atoms with van der Waals surface area (Å²) in [5, 5.41) is 0.860. The number of hydrogen-bond donors (Lipinski definition) is 0. The quantitative estimate of drug-likeness (QED) is 0.363. The number of carbonyl (C=O) groups is 1. The highest BCUT2D eigenvalue weighted by molar-refractivity contribution is 8.06. The molecule has 0 radical (unpaired) electrons. The van der Waals surface area contributed by atoms with Crippen LogP contribution in [0.25, 0.3) is 0 Å². The SMILES string of the molecule is C=CC(C)=O.CSCCSCC(CSC)SCCSC. The first-order valence-corrected chi connectivity index (χ1v) is 12.8. The van der Waals surface area contributed by atoms with Crippen LogP contribution in [-0.2, 0) is 4.79 Å². The third-order valence-corrected chi connectivity index (χ3v) is 7.29. The van der Waals surface area contributed by atoms with E-state index in [0.29, 0.717) is 0 Å². The lowest BCUT2D eigenvalue weighted by Gasteiger charge is -2.14. The van der Waals surface area contributed by atoms with Crippen molar-refractivity contribution in [3.8, 4) is 0 Å². The van der Waals surface area contributed by atoms with Crippen molar-refractivity contribution in [1.82, 2.24) is 0 Å². The van der Waals surface area contributed by atoms with Crippen molar-refractivity contribution >= 4 is 64.6 Å². The lowest BCUT2D eigenvalue weighted by Crippen LogP contribution is -2.11. The molecule has 1 nitrogen and oxygen atoms in total. The molecule has 6 heteroatoms. The topological polar surface area (TPSA) is 17.1 Å². The highest BCUT2D eigenvalue weighted by Gasteiger charge is 2.08. The molecule has 0 rings (SSSR count). The van der Waals surface area contributed by atoms with Gasteiger partial charge in [0.05, 0.1) is 0 Å². The third-order valence-electron chi connectivity index (χ3n) is 2.02. The Balaban J connectivity index is 0. The fourth-order valence-electron chi connectivity index (χ4n) is 0.985. The van der Waals surface area contributed by atoms with Crippen LogP contribution in [0.1, 0.15) is 6.92 Å². The van der Waals surface area contributed by atoms with Crippen LogP contribution in [0, 0.1) is 0 Å². The molecule has 0 fully saturated rings. The second-order valence-electron chi connectivity index (χ2n) is 3.82. The molecule has 1 unspecified atom stereocenters. The lowest BCUT2D eigenvalue weighted by molar-refractivity contribution is -0.112. The normalized spacial score (nSPS) is 11.4. The smallest absolute Gasteiger partial charge is 0.152 e. The summed E-state index contributed by atoms with van der Waals surface area (Å²) in [7, 11) is 0. The van der Waals surface area contributed by atoms with Gasteiger partial charge in [0, 0.05) is 39.8 Å². The van der Waals surface area contributed by atoms with Crippen LogP contribution in [-0.4, -0.2) is 64.3 Å². The first kappa shape index (κ1) is 23.4. The summed E-state index contributed by atoms with van der Waals surface area (Å²) < 4.78 is 0. The molecule has 0 aliphatic heterocycles. The molecule has 1 atom stereocenters. The van der Waals surface area contributed by atoms with Crippen molar-refractivity contribution in [3.63, 3.8) is 0 Å². The summed E-state index contributed by atoms with van der Waals surface area (Å²) in [6.07, 6.45) is 7.87. The van der Waals surface area contributed by atoms with Gasteiger partial charge in [0.25, 0.3) is 0 Å². The number of hydrogen-bond acceptors (Lipinski definition) is 6. The predicted octanol–water partition coefficient (Wildman–Crippen LogP) is 4.67. The first-order valence-electron chi connectivity index (χ1n) is 6.41. The maximum atomic E-state index is 9.69. The predicted molar refractivity (Wildman–Crippen MR) is 110 cm³/mol. The van der Waals surface area contributed by atoms with Crippen molar-refractivity contribution in [2.75, 3.05) is 53.3 Å². The minimum Gasteiger partial charge on any atom is -0.295 e. The Morgan fingerprint density at radius 3 is 2.00 bits per heavy atom. The van der Waals surface area contributed by atoms with E-state index in [2.05, 4.69) is 48.9 Å². The molecule has 0 bridgehead atoms. The molecule has 0 saturated heterocycles. The molecular weight excluding hydrogens is 344 g/mol. The van der Waals surface area contributed by atoms with E-state index in [1.165, 1.54) is 47.5 Å². The van der Waals surface area contributed by atoms with Crippen LogP contribution in [0.5, 0.6) is 0 Å². The molecule has 120 valence electrons. The minimum atomic E-state index is 0.0185. The van der Waals surface area contributed by atoms with E-state index in [1.807, 2.05) is 35.3 Å². The number of allylic oxidation sites excluding steroid dienone is 1. The molecule has 0 heterocycles. The van der Waals surface area contributed by atoms with Gasteiger partial charge < -0.3 is 0 Å². The van der Waals surface area contributed by atoms with Crippen molar-refractivity contribution in [3.05, 3.63) is 12.7 Å². The summed E-state index contributed by atoms with van der Waals surface area (Å²) in [5.41, 5.74) is 0. The van der Waals surface area contributed by atoms with Gasteiger partial charge in [-0.3, -0.25) is 4.79 Å². The molecule has 0 aromatic heterocycles. The highest BCUT2D eigenvalue weighted by Crippen LogP contribution is 2.21. The fourth-order valence-corrected chi connectivity index (χ4v) is 6.16. The van der Waals surface area contributed by atoms with Gasteiger partial charge in [-0.05, 0) is 31.8 Å². The maximum Gasteiger partial charge on any atom is 0.152 e. The lowest BCUT2D eigenvalue weighted by atomic mass is 10.5. The highest BCUT2D eigenvalue weighted by atomic mass is 32.2. The maximum absolute atomic E-state index is 9.69. The van der Waals surface area contributed by atoms with Crippen LogP contribution >= 0.6 is 58.8 Å². The molecule has 0 spiro atoms. The van der Waals surface area contributed by atoms with Crippen LogP contribution < -0.4 is 0 Å². The van der Waals surface area contributed by atoms with E-state index in [0.717, 1.165) is 5.25 Å². The number of thioether (sulfide) groups is 5. The van der Waals surface area contributed by atoms with Crippen LogP contribution in [0.3, 0.4) is 0 Å². The van der Waals surface area contributed by atoms with Crippen molar-refractivity contribution in [2.45, 2.75) is 12.2 Å². The zero-order chi connectivity index (χ0) is 15.6. The summed E-state index contributed by atoms with van der Waals surface area (Å²) >= 11 is 10.2. The molecule has 0 aliphatic carbocycles. The molecule has 0 amide bonds. The monoisotopic (exact) mass is 372 g/mol. The minimum absolute atomic E-state index is 0.0185. The molecule has 0 aliphatic rings. The van der Waals surface area contributed by atoms with E-state index >= 15 is 0 Å². The van der Waals surface area contributed by atoms with Crippen molar-refractivity contribution in [1.29, 1.82) is 0 Å². The van der Waals surface area contributed by atoms with Gasteiger partial charge in [0.15, 0.2) is 5.78 Å². The Morgan fingerprint density at radius 1 is 1.00 bits per heavy atom. The molecule has 20 heavy (non-hydrogen) atoms. The summed E-state index contributed by atoms with van der Waals surface area (Å²) in [6, 6.07) is 0. The van der Waals surface area contributed by atoms with Gasteiger partial charge >= 0.3 is 0 Å². The van der Waals surface area contributed by atoms with E-state index < -0.39 is 0 Å². The van der Waals surface area contributed by atoms with Crippen LogP contribution in [0.4, 0.5) is 0 Å². The largest absolute Gasteiger partial charge is 0.295 e. The van der Waals surface area contributed by atoms with E-state index in [9.17, 15) is 4.79 Å². The second-order valence-corrected chi connectivity index (χ2v) is 9.26. The number of ketones is 1. The Hall–Kier alpha value is 1.16.